The molecule has 1 N–H and O–H groups in total. The first-order chi connectivity index (χ1) is 8.61. The summed E-state index contributed by atoms with van der Waals surface area (Å²) in [7, 11) is 0. The number of carbonyl (C=O) groups is 1. The summed E-state index contributed by atoms with van der Waals surface area (Å²) in [6, 6.07) is 3.34. The second kappa shape index (κ2) is 5.54. The van der Waals surface area contributed by atoms with Crippen molar-refractivity contribution in [3.63, 3.8) is 0 Å². The molecule has 0 spiro atoms. The Labute approximate surface area is 109 Å². The minimum Gasteiger partial charge on any atom is -0.507 e. The SMILES string of the molecule is O=C(c1ccc(F)cc1O)N1CCOC(CCl)C1. The lowest BCUT2D eigenvalue weighted by Gasteiger charge is -2.32. The second-order valence-corrected chi connectivity index (χ2v) is 4.37. The summed E-state index contributed by atoms with van der Waals surface area (Å²) in [5.74, 6) is -0.969. The van der Waals surface area contributed by atoms with Crippen molar-refractivity contribution >= 4 is 17.5 Å². The van der Waals surface area contributed by atoms with Crippen molar-refractivity contribution in [2.24, 2.45) is 0 Å². The Morgan fingerprint density at radius 3 is 3.06 bits per heavy atom. The van der Waals surface area contributed by atoms with Crippen LogP contribution in [0, 0.1) is 5.82 Å². The van der Waals surface area contributed by atoms with Gasteiger partial charge in [0.15, 0.2) is 0 Å². The molecule has 6 heteroatoms. The molecule has 1 aliphatic rings. The molecule has 0 saturated carbocycles. The summed E-state index contributed by atoms with van der Waals surface area (Å²) in [5.41, 5.74) is 0.0895. The molecule has 0 radical (unpaired) electrons. The van der Waals surface area contributed by atoms with E-state index in [9.17, 15) is 14.3 Å². The monoisotopic (exact) mass is 273 g/mol. The number of ether oxygens (including phenoxy) is 1. The highest BCUT2D eigenvalue weighted by Crippen LogP contribution is 2.21. The summed E-state index contributed by atoms with van der Waals surface area (Å²) in [5, 5.41) is 9.57. The smallest absolute Gasteiger partial charge is 0.257 e. The molecule has 1 atom stereocenters. The number of carbonyl (C=O) groups excluding carboxylic acids is 1. The third-order valence-corrected chi connectivity index (χ3v) is 3.13. The fourth-order valence-electron chi connectivity index (χ4n) is 1.85. The van der Waals surface area contributed by atoms with Gasteiger partial charge in [0.05, 0.1) is 24.2 Å². The molecule has 1 aromatic carbocycles. The number of halogens is 2. The van der Waals surface area contributed by atoms with Crippen LogP contribution in [0.4, 0.5) is 4.39 Å². The highest BCUT2D eigenvalue weighted by molar-refractivity contribution is 6.18. The Morgan fingerprint density at radius 2 is 2.39 bits per heavy atom. The summed E-state index contributed by atoms with van der Waals surface area (Å²) >= 11 is 5.69. The molecule has 0 aromatic heterocycles. The van der Waals surface area contributed by atoms with Crippen LogP contribution in [-0.4, -0.2) is 47.6 Å². The van der Waals surface area contributed by atoms with Crippen LogP contribution in [0.5, 0.6) is 5.75 Å². The van der Waals surface area contributed by atoms with Crippen LogP contribution < -0.4 is 0 Å². The fraction of sp³-hybridized carbons (Fsp3) is 0.417. The molecule has 1 fully saturated rings. The molecule has 2 rings (SSSR count). The van der Waals surface area contributed by atoms with E-state index in [4.69, 9.17) is 16.3 Å². The molecule has 1 aromatic rings. The van der Waals surface area contributed by atoms with Gasteiger partial charge in [-0.2, -0.15) is 0 Å². The van der Waals surface area contributed by atoms with Gasteiger partial charge in [0.25, 0.3) is 5.91 Å². The zero-order valence-corrected chi connectivity index (χ0v) is 10.4. The fourth-order valence-corrected chi connectivity index (χ4v) is 2.04. The number of phenols is 1. The molecule has 0 bridgehead atoms. The molecule has 98 valence electrons. The van der Waals surface area contributed by atoms with Crippen LogP contribution in [0.1, 0.15) is 10.4 Å². The van der Waals surface area contributed by atoms with E-state index in [0.29, 0.717) is 25.6 Å². The number of morpholine rings is 1. The molecule has 4 nitrogen and oxygen atoms in total. The number of alkyl halides is 1. The van der Waals surface area contributed by atoms with Crippen LogP contribution >= 0.6 is 11.6 Å². The normalized spacial score (nSPS) is 19.9. The van der Waals surface area contributed by atoms with Gasteiger partial charge in [-0.05, 0) is 12.1 Å². The number of hydrogen-bond acceptors (Lipinski definition) is 3. The van der Waals surface area contributed by atoms with E-state index in [2.05, 4.69) is 0 Å². The third kappa shape index (κ3) is 2.73. The van der Waals surface area contributed by atoms with E-state index in [1.165, 1.54) is 6.07 Å². The molecule has 1 saturated heterocycles. The predicted octanol–water partition coefficient (Wildman–Crippen LogP) is 1.61. The van der Waals surface area contributed by atoms with E-state index in [0.717, 1.165) is 12.1 Å². The van der Waals surface area contributed by atoms with Crippen molar-refractivity contribution < 1.29 is 19.0 Å². The lowest BCUT2D eigenvalue weighted by Crippen LogP contribution is -2.46. The third-order valence-electron chi connectivity index (χ3n) is 2.79. The van der Waals surface area contributed by atoms with Crippen molar-refractivity contribution in [3.8, 4) is 5.75 Å². The lowest BCUT2D eigenvalue weighted by atomic mass is 10.1. The molecule has 1 unspecified atom stereocenters. The first-order valence-electron chi connectivity index (χ1n) is 5.57. The van der Waals surface area contributed by atoms with Crippen LogP contribution in [-0.2, 0) is 4.74 Å². The van der Waals surface area contributed by atoms with Gasteiger partial charge in [0.2, 0.25) is 0 Å². The molecule has 1 aliphatic heterocycles. The average molecular weight is 274 g/mol. The summed E-state index contributed by atoms with van der Waals surface area (Å²) in [4.78, 5) is 13.7. The Bertz CT molecular complexity index is 455. The molecular weight excluding hydrogens is 261 g/mol. The number of phenolic OH excluding ortho intramolecular Hbond substituents is 1. The Balaban J connectivity index is 2.15. The van der Waals surface area contributed by atoms with Crippen molar-refractivity contribution in [3.05, 3.63) is 29.6 Å². The van der Waals surface area contributed by atoms with Gasteiger partial charge in [-0.3, -0.25) is 4.79 Å². The van der Waals surface area contributed by atoms with E-state index >= 15 is 0 Å². The van der Waals surface area contributed by atoms with E-state index in [1.807, 2.05) is 0 Å². The Hall–Kier alpha value is -1.33. The van der Waals surface area contributed by atoms with Gasteiger partial charge in [-0.1, -0.05) is 0 Å². The molecular formula is C12H13ClFNO3. The van der Waals surface area contributed by atoms with Crippen LogP contribution in [0.25, 0.3) is 0 Å². The molecule has 18 heavy (non-hydrogen) atoms. The van der Waals surface area contributed by atoms with E-state index in [1.54, 1.807) is 4.90 Å². The Kier molecular flexibility index (Phi) is 4.04. The maximum atomic E-state index is 12.8. The maximum absolute atomic E-state index is 12.8. The largest absolute Gasteiger partial charge is 0.507 e. The number of hydrogen-bond donors (Lipinski definition) is 1. The predicted molar refractivity (Wildman–Crippen MR) is 64.4 cm³/mol. The topological polar surface area (TPSA) is 49.8 Å². The lowest BCUT2D eigenvalue weighted by molar-refractivity contribution is -0.0109. The summed E-state index contributed by atoms with van der Waals surface area (Å²) < 4.78 is 18.2. The zero-order chi connectivity index (χ0) is 13.1. The van der Waals surface area contributed by atoms with Gasteiger partial charge in [0.1, 0.15) is 11.6 Å². The number of rotatable bonds is 2. The van der Waals surface area contributed by atoms with Crippen molar-refractivity contribution in [1.29, 1.82) is 0 Å². The Morgan fingerprint density at radius 1 is 1.61 bits per heavy atom. The first kappa shape index (κ1) is 13.1. The zero-order valence-electron chi connectivity index (χ0n) is 9.60. The van der Waals surface area contributed by atoms with Crippen molar-refractivity contribution in [2.45, 2.75) is 6.10 Å². The highest BCUT2D eigenvalue weighted by atomic mass is 35.5. The minimum absolute atomic E-state index is 0.0895. The first-order valence-corrected chi connectivity index (χ1v) is 6.10. The van der Waals surface area contributed by atoms with Crippen LogP contribution in [0.2, 0.25) is 0 Å². The summed E-state index contributed by atoms with van der Waals surface area (Å²) in [6.07, 6.45) is -0.202. The number of amides is 1. The molecule has 1 heterocycles. The average Bonchev–Trinajstić information content (AvgIpc) is 2.38. The number of nitrogens with zero attached hydrogens (tertiary/aromatic N) is 1. The van der Waals surface area contributed by atoms with Crippen molar-refractivity contribution in [1.82, 2.24) is 4.90 Å². The second-order valence-electron chi connectivity index (χ2n) is 4.06. The summed E-state index contributed by atoms with van der Waals surface area (Å²) in [6.45, 7) is 1.22. The quantitative estimate of drug-likeness (QED) is 0.833. The maximum Gasteiger partial charge on any atom is 0.257 e. The van der Waals surface area contributed by atoms with Crippen LogP contribution in [0.3, 0.4) is 0 Å². The van der Waals surface area contributed by atoms with Gasteiger partial charge >= 0.3 is 0 Å². The number of aromatic hydroxyl groups is 1. The van der Waals surface area contributed by atoms with Gasteiger partial charge in [-0.15, -0.1) is 11.6 Å². The van der Waals surface area contributed by atoms with Crippen LogP contribution in [0.15, 0.2) is 18.2 Å². The number of benzene rings is 1. The molecule has 1 amide bonds. The van der Waals surface area contributed by atoms with E-state index < -0.39 is 5.82 Å². The minimum atomic E-state index is -0.579. The van der Waals surface area contributed by atoms with Gasteiger partial charge in [-0.25, -0.2) is 4.39 Å². The highest BCUT2D eigenvalue weighted by Gasteiger charge is 2.26. The standard InChI is InChI=1S/C12H13ClFNO3/c13-6-9-7-15(3-4-18-9)12(17)10-2-1-8(14)5-11(10)16/h1-2,5,9,16H,3-4,6-7H2. The van der Waals surface area contributed by atoms with Gasteiger partial charge < -0.3 is 14.7 Å². The van der Waals surface area contributed by atoms with E-state index in [-0.39, 0.29) is 23.3 Å². The van der Waals surface area contributed by atoms with Gasteiger partial charge in [0, 0.05) is 19.2 Å². The molecule has 0 aliphatic carbocycles. The van der Waals surface area contributed by atoms with Crippen molar-refractivity contribution in [2.75, 3.05) is 25.6 Å².